The maximum absolute atomic E-state index is 12.1. The molecule has 3 aliphatic rings. The first-order chi connectivity index (χ1) is 10.5. The molecular formula is C12H15N3O5S2. The Balaban J connectivity index is 1.83. The molecule has 2 amide bonds. The Hall–Kier alpha value is -1.23. The lowest BCUT2D eigenvalue weighted by atomic mass is 10.1. The second-order valence-corrected chi connectivity index (χ2v) is 7.43. The number of carbonyl (C=O) groups is 3. The molecule has 0 bridgehead atoms. The smallest absolute Gasteiger partial charge is 0.353 e. The molecule has 3 N–H and O–H groups in total. The van der Waals surface area contributed by atoms with Gasteiger partial charge in [-0.25, -0.2) is 9.86 Å². The number of amides is 2. The fraction of sp³-hybridized carbons (Fsp3) is 0.583. The van der Waals surface area contributed by atoms with E-state index in [4.69, 9.17) is 10.6 Å². The second kappa shape index (κ2) is 5.76. The molecule has 0 saturated carbocycles. The number of fused-ring (bicyclic) bond motifs is 1. The van der Waals surface area contributed by atoms with Crippen LogP contribution in [0.5, 0.6) is 0 Å². The SMILES string of the molecule is CON1CCC(SC2=C(C(=O)O)N3C(=O)[C@@H](N)[C@H]3SC2)C1=O. The third-order valence-corrected chi connectivity index (χ3v) is 6.63. The van der Waals surface area contributed by atoms with Gasteiger partial charge in [-0.3, -0.25) is 19.3 Å². The molecule has 120 valence electrons. The molecule has 1 unspecified atom stereocenters. The molecule has 0 aromatic rings. The van der Waals surface area contributed by atoms with Gasteiger partial charge < -0.3 is 10.8 Å². The van der Waals surface area contributed by atoms with E-state index in [9.17, 15) is 19.5 Å². The van der Waals surface area contributed by atoms with E-state index in [2.05, 4.69) is 0 Å². The molecule has 3 atom stereocenters. The molecule has 0 aliphatic carbocycles. The summed E-state index contributed by atoms with van der Waals surface area (Å²) >= 11 is 2.63. The zero-order valence-corrected chi connectivity index (χ0v) is 13.4. The molecule has 22 heavy (non-hydrogen) atoms. The topological polar surface area (TPSA) is 113 Å². The van der Waals surface area contributed by atoms with E-state index >= 15 is 0 Å². The van der Waals surface area contributed by atoms with Gasteiger partial charge in [0, 0.05) is 10.7 Å². The summed E-state index contributed by atoms with van der Waals surface area (Å²) in [5, 5.41) is 10.00. The number of nitrogens with zero attached hydrogens (tertiary/aromatic N) is 2. The van der Waals surface area contributed by atoms with Crippen molar-refractivity contribution in [3.63, 3.8) is 0 Å². The quantitative estimate of drug-likeness (QED) is 0.651. The van der Waals surface area contributed by atoms with Crippen LogP contribution in [-0.4, -0.2) is 68.9 Å². The number of carboxylic acids is 1. The number of thioether (sulfide) groups is 2. The van der Waals surface area contributed by atoms with E-state index < -0.39 is 12.0 Å². The van der Waals surface area contributed by atoms with Crippen molar-refractivity contribution in [2.24, 2.45) is 5.73 Å². The number of β-lactam (4-membered cyclic amide) rings is 1. The predicted molar refractivity (Wildman–Crippen MR) is 80.4 cm³/mol. The first-order valence-electron chi connectivity index (χ1n) is 6.64. The third kappa shape index (κ3) is 2.30. The first kappa shape index (κ1) is 15.7. The maximum Gasteiger partial charge on any atom is 0.353 e. The maximum atomic E-state index is 12.1. The lowest BCUT2D eigenvalue weighted by Crippen LogP contribution is -2.68. The molecule has 0 radical (unpaired) electrons. The van der Waals surface area contributed by atoms with Gasteiger partial charge in [-0.15, -0.1) is 23.5 Å². The molecule has 2 saturated heterocycles. The normalized spacial score (nSPS) is 31.5. The highest BCUT2D eigenvalue weighted by Gasteiger charge is 2.52. The number of hydroxylamine groups is 2. The molecule has 10 heteroatoms. The molecule has 3 rings (SSSR count). The van der Waals surface area contributed by atoms with Crippen molar-refractivity contribution in [2.75, 3.05) is 19.4 Å². The van der Waals surface area contributed by atoms with Gasteiger partial charge in [-0.2, -0.15) is 0 Å². The molecule has 8 nitrogen and oxygen atoms in total. The minimum Gasteiger partial charge on any atom is -0.477 e. The second-order valence-electron chi connectivity index (χ2n) is 5.03. The zero-order chi connectivity index (χ0) is 16.0. The lowest BCUT2D eigenvalue weighted by molar-refractivity contribution is -0.166. The Morgan fingerprint density at radius 2 is 2.18 bits per heavy atom. The van der Waals surface area contributed by atoms with E-state index in [1.807, 2.05) is 0 Å². The van der Waals surface area contributed by atoms with Crippen LogP contribution in [-0.2, 0) is 19.2 Å². The van der Waals surface area contributed by atoms with E-state index in [-0.39, 0.29) is 28.1 Å². The number of hydrogen-bond acceptors (Lipinski definition) is 7. The lowest BCUT2D eigenvalue weighted by Gasteiger charge is -2.47. The van der Waals surface area contributed by atoms with Crippen LogP contribution in [0.1, 0.15) is 6.42 Å². The number of rotatable bonds is 4. The number of carboxylic acid groups (broad SMARTS) is 1. The fourth-order valence-corrected chi connectivity index (χ4v) is 5.37. The van der Waals surface area contributed by atoms with E-state index in [1.54, 1.807) is 0 Å². The van der Waals surface area contributed by atoms with Crippen molar-refractivity contribution in [3.05, 3.63) is 10.6 Å². The Bertz CT molecular complexity index is 581. The van der Waals surface area contributed by atoms with Crippen molar-refractivity contribution in [3.8, 4) is 0 Å². The Morgan fingerprint density at radius 1 is 1.45 bits per heavy atom. The number of hydrogen-bond donors (Lipinski definition) is 2. The van der Waals surface area contributed by atoms with Crippen molar-refractivity contribution >= 4 is 41.3 Å². The van der Waals surface area contributed by atoms with Gasteiger partial charge in [0.2, 0.25) is 5.91 Å². The summed E-state index contributed by atoms with van der Waals surface area (Å²) in [6, 6.07) is -0.650. The van der Waals surface area contributed by atoms with Gasteiger partial charge in [0.05, 0.1) is 18.9 Å². The molecule has 3 aliphatic heterocycles. The highest BCUT2D eigenvalue weighted by molar-refractivity contribution is 8.07. The van der Waals surface area contributed by atoms with Crippen LogP contribution in [0, 0.1) is 0 Å². The highest BCUT2D eigenvalue weighted by atomic mass is 32.2. The van der Waals surface area contributed by atoms with Crippen LogP contribution in [0.2, 0.25) is 0 Å². The third-order valence-electron chi connectivity index (χ3n) is 3.80. The number of carbonyl (C=O) groups excluding carboxylic acids is 2. The van der Waals surface area contributed by atoms with Crippen LogP contribution >= 0.6 is 23.5 Å². The van der Waals surface area contributed by atoms with Crippen LogP contribution < -0.4 is 5.73 Å². The zero-order valence-electron chi connectivity index (χ0n) is 11.7. The van der Waals surface area contributed by atoms with Crippen LogP contribution in [0.3, 0.4) is 0 Å². The van der Waals surface area contributed by atoms with Gasteiger partial charge in [0.15, 0.2) is 0 Å². The summed E-state index contributed by atoms with van der Waals surface area (Å²) in [6.07, 6.45) is 0.579. The van der Waals surface area contributed by atoms with Gasteiger partial charge in [0.1, 0.15) is 17.1 Å². The summed E-state index contributed by atoms with van der Waals surface area (Å²) < 4.78 is 0. The largest absolute Gasteiger partial charge is 0.477 e. The summed E-state index contributed by atoms with van der Waals surface area (Å²) in [6.45, 7) is 0.478. The average Bonchev–Trinajstić information content (AvgIpc) is 2.86. The van der Waals surface area contributed by atoms with Crippen molar-refractivity contribution < 1.29 is 24.3 Å². The Labute approximate surface area is 134 Å². The van der Waals surface area contributed by atoms with E-state index in [1.165, 1.54) is 40.6 Å². The Kier molecular flexibility index (Phi) is 4.10. The van der Waals surface area contributed by atoms with Crippen molar-refractivity contribution in [1.29, 1.82) is 0 Å². The predicted octanol–water partition coefficient (Wildman–Crippen LogP) is -0.579. The summed E-state index contributed by atoms with van der Waals surface area (Å²) in [4.78, 5) is 42.2. The number of aliphatic carboxylic acids is 1. The Morgan fingerprint density at radius 3 is 2.77 bits per heavy atom. The molecular weight excluding hydrogens is 330 g/mol. The molecule has 3 heterocycles. The summed E-state index contributed by atoms with van der Waals surface area (Å²) in [5.74, 6) is -1.29. The average molecular weight is 345 g/mol. The van der Waals surface area contributed by atoms with E-state index in [0.29, 0.717) is 23.6 Å². The van der Waals surface area contributed by atoms with Crippen LogP contribution in [0.4, 0.5) is 0 Å². The van der Waals surface area contributed by atoms with Crippen LogP contribution in [0.15, 0.2) is 10.6 Å². The van der Waals surface area contributed by atoms with Crippen molar-refractivity contribution in [1.82, 2.24) is 9.96 Å². The van der Waals surface area contributed by atoms with Gasteiger partial charge in [-0.05, 0) is 6.42 Å². The number of nitrogens with two attached hydrogens (primary N) is 1. The summed E-state index contributed by atoms with van der Waals surface area (Å²) in [5.41, 5.74) is 5.66. The highest BCUT2D eigenvalue weighted by Crippen LogP contribution is 2.44. The van der Waals surface area contributed by atoms with Crippen molar-refractivity contribution in [2.45, 2.75) is 23.1 Å². The molecule has 0 aromatic carbocycles. The monoisotopic (exact) mass is 345 g/mol. The summed E-state index contributed by atoms with van der Waals surface area (Å²) in [7, 11) is 1.42. The minimum atomic E-state index is -1.16. The first-order valence-corrected chi connectivity index (χ1v) is 8.57. The van der Waals surface area contributed by atoms with Crippen LogP contribution in [0.25, 0.3) is 0 Å². The van der Waals surface area contributed by atoms with Gasteiger partial charge in [0.25, 0.3) is 5.91 Å². The van der Waals surface area contributed by atoms with Gasteiger partial charge in [-0.1, -0.05) is 0 Å². The molecule has 0 spiro atoms. The molecule has 0 aromatic heterocycles. The minimum absolute atomic E-state index is 0.0379. The fourth-order valence-electron chi connectivity index (χ4n) is 2.67. The van der Waals surface area contributed by atoms with Gasteiger partial charge >= 0.3 is 5.97 Å². The standard InChI is InChI=1S/C12H15N3O5S2/c1-20-14-3-2-5(9(14)16)22-6-4-21-11-7(13)10(17)15(11)8(6)12(18)19/h5,7,11H,2-4,13H2,1H3,(H,18,19)/t5?,7-,11-/m1/s1. The molecule has 2 fully saturated rings. The van der Waals surface area contributed by atoms with E-state index in [0.717, 1.165) is 0 Å².